The van der Waals surface area contributed by atoms with E-state index in [0.29, 0.717) is 17.9 Å². The Hall–Kier alpha value is -2.03. The van der Waals surface area contributed by atoms with Crippen LogP contribution in [0.1, 0.15) is 25.7 Å². The van der Waals surface area contributed by atoms with Gasteiger partial charge in [0.2, 0.25) is 5.75 Å². The van der Waals surface area contributed by atoms with E-state index in [2.05, 4.69) is 6.08 Å². The average molecular weight is 282 g/mol. The number of ether oxygens (including phenoxy) is 1. The molecule has 0 saturated heterocycles. The predicted octanol–water partition coefficient (Wildman–Crippen LogP) is 3.92. The summed E-state index contributed by atoms with van der Waals surface area (Å²) in [6, 6.07) is 9.26. The molecule has 0 radical (unpaired) electrons. The van der Waals surface area contributed by atoms with E-state index in [1.165, 1.54) is 24.8 Å². The second-order valence-corrected chi connectivity index (χ2v) is 6.05. The summed E-state index contributed by atoms with van der Waals surface area (Å²) in [5.41, 5.74) is 1.73. The van der Waals surface area contributed by atoms with Gasteiger partial charge >= 0.3 is 5.63 Å². The fourth-order valence-electron chi connectivity index (χ4n) is 3.65. The second kappa shape index (κ2) is 5.06. The number of benzene rings is 1. The Morgan fingerprint density at radius 2 is 2.14 bits per heavy atom. The van der Waals surface area contributed by atoms with Gasteiger partial charge in [0.05, 0.1) is 6.61 Å². The van der Waals surface area contributed by atoms with Crippen LogP contribution in [-0.4, -0.2) is 6.61 Å². The van der Waals surface area contributed by atoms with Crippen molar-refractivity contribution in [3.63, 3.8) is 0 Å². The molecule has 2 aliphatic rings. The topological polar surface area (TPSA) is 39.4 Å². The van der Waals surface area contributed by atoms with Crippen LogP contribution in [0.4, 0.5) is 0 Å². The van der Waals surface area contributed by atoms with E-state index >= 15 is 0 Å². The van der Waals surface area contributed by atoms with Crippen molar-refractivity contribution in [3.05, 3.63) is 52.4 Å². The number of para-hydroxylation sites is 1. The van der Waals surface area contributed by atoms with E-state index in [1.807, 2.05) is 18.2 Å². The fraction of sp³-hybridized carbons (Fsp3) is 0.389. The maximum absolute atomic E-state index is 11.9. The third kappa shape index (κ3) is 2.37. The number of hydrogen-bond acceptors (Lipinski definition) is 3. The number of hydrogen-bond donors (Lipinski definition) is 0. The van der Waals surface area contributed by atoms with Crippen LogP contribution >= 0.6 is 0 Å². The molecule has 108 valence electrons. The molecule has 1 heterocycles. The minimum absolute atomic E-state index is 0.317. The molecule has 2 atom stereocenters. The maximum atomic E-state index is 11.9. The Kier molecular flexibility index (Phi) is 3.06. The van der Waals surface area contributed by atoms with Gasteiger partial charge in [-0.1, -0.05) is 29.8 Å². The van der Waals surface area contributed by atoms with Crippen LogP contribution in [0.3, 0.4) is 0 Å². The molecule has 2 unspecified atom stereocenters. The first-order valence-electron chi connectivity index (χ1n) is 7.66. The summed E-state index contributed by atoms with van der Waals surface area (Å²) >= 11 is 0. The number of fused-ring (bicyclic) bond motifs is 3. The number of rotatable bonds is 4. The van der Waals surface area contributed by atoms with Crippen LogP contribution in [0.2, 0.25) is 0 Å². The third-order valence-electron chi connectivity index (χ3n) is 4.71. The summed E-state index contributed by atoms with van der Waals surface area (Å²) in [4.78, 5) is 11.9. The lowest BCUT2D eigenvalue weighted by molar-refractivity contribution is 0.301. The lowest BCUT2D eigenvalue weighted by Crippen LogP contribution is -2.10. The molecule has 21 heavy (non-hydrogen) atoms. The van der Waals surface area contributed by atoms with Crippen molar-refractivity contribution in [2.75, 3.05) is 6.61 Å². The third-order valence-corrected chi connectivity index (χ3v) is 4.71. The molecule has 1 saturated carbocycles. The zero-order valence-corrected chi connectivity index (χ0v) is 11.9. The molecule has 0 spiro atoms. The molecule has 3 nitrogen and oxygen atoms in total. The minimum atomic E-state index is -0.393. The molecule has 2 aromatic rings. The van der Waals surface area contributed by atoms with E-state index in [0.717, 1.165) is 23.6 Å². The summed E-state index contributed by atoms with van der Waals surface area (Å²) in [6.07, 6.45) is 7.35. The quantitative estimate of drug-likeness (QED) is 0.630. The van der Waals surface area contributed by atoms with Crippen molar-refractivity contribution in [2.45, 2.75) is 25.7 Å². The molecule has 4 rings (SSSR count). The van der Waals surface area contributed by atoms with Crippen molar-refractivity contribution in [2.24, 2.45) is 11.8 Å². The Labute approximate surface area is 123 Å². The molecule has 1 aromatic carbocycles. The Bertz CT molecular complexity index is 756. The van der Waals surface area contributed by atoms with Gasteiger partial charge in [-0.25, -0.2) is 4.79 Å². The lowest BCUT2D eigenvalue weighted by Gasteiger charge is -2.13. The van der Waals surface area contributed by atoms with Gasteiger partial charge in [0.15, 0.2) is 0 Å². The summed E-state index contributed by atoms with van der Waals surface area (Å²) in [7, 11) is 0. The van der Waals surface area contributed by atoms with E-state index < -0.39 is 5.63 Å². The molecular weight excluding hydrogens is 264 g/mol. The molecule has 1 aromatic heterocycles. The Morgan fingerprint density at radius 3 is 2.95 bits per heavy atom. The molecule has 3 heteroatoms. The van der Waals surface area contributed by atoms with Crippen molar-refractivity contribution in [1.29, 1.82) is 0 Å². The maximum Gasteiger partial charge on any atom is 0.379 e. The van der Waals surface area contributed by atoms with Crippen molar-refractivity contribution in [3.8, 4) is 5.75 Å². The Balaban J connectivity index is 1.46. The van der Waals surface area contributed by atoms with Crippen LogP contribution in [-0.2, 0) is 0 Å². The van der Waals surface area contributed by atoms with Crippen molar-refractivity contribution in [1.82, 2.24) is 0 Å². The highest BCUT2D eigenvalue weighted by Gasteiger charge is 2.32. The number of allylic oxidation sites excluding steroid dienone is 1. The van der Waals surface area contributed by atoms with Crippen molar-refractivity contribution < 1.29 is 9.15 Å². The molecule has 1 fully saturated rings. The normalized spacial score (nSPS) is 23.5. The van der Waals surface area contributed by atoms with Crippen LogP contribution in [0, 0.1) is 11.8 Å². The van der Waals surface area contributed by atoms with Crippen LogP contribution < -0.4 is 10.4 Å². The van der Waals surface area contributed by atoms with Gasteiger partial charge in [-0.3, -0.25) is 0 Å². The lowest BCUT2D eigenvalue weighted by atomic mass is 9.96. The summed E-state index contributed by atoms with van der Waals surface area (Å²) in [6.45, 7) is 0.554. The summed E-state index contributed by atoms with van der Waals surface area (Å²) in [5, 5.41) is 0.895. The van der Waals surface area contributed by atoms with Crippen molar-refractivity contribution >= 4 is 11.0 Å². The first-order valence-corrected chi connectivity index (χ1v) is 7.66. The largest absolute Gasteiger partial charge is 0.486 e. The molecule has 0 amide bonds. The fourth-order valence-corrected chi connectivity index (χ4v) is 3.65. The highest BCUT2D eigenvalue weighted by molar-refractivity contribution is 5.77. The van der Waals surface area contributed by atoms with Gasteiger partial charge in [0.1, 0.15) is 5.58 Å². The average Bonchev–Trinajstić information content (AvgIpc) is 3.10. The van der Waals surface area contributed by atoms with Gasteiger partial charge in [0.25, 0.3) is 0 Å². The minimum Gasteiger partial charge on any atom is -0.486 e. The first kappa shape index (κ1) is 12.7. The Morgan fingerprint density at radius 1 is 1.24 bits per heavy atom. The van der Waals surface area contributed by atoms with Crippen LogP contribution in [0.15, 0.2) is 51.2 Å². The van der Waals surface area contributed by atoms with Gasteiger partial charge in [-0.15, -0.1) is 0 Å². The highest BCUT2D eigenvalue weighted by Crippen LogP contribution is 2.44. The second-order valence-electron chi connectivity index (χ2n) is 6.05. The van der Waals surface area contributed by atoms with Gasteiger partial charge in [-0.05, 0) is 43.2 Å². The SMILES string of the molecule is O=c1oc2ccccc2cc1OCCC1=CC2CCC1C2. The zero-order valence-electron chi connectivity index (χ0n) is 11.9. The van der Waals surface area contributed by atoms with Gasteiger partial charge < -0.3 is 9.15 Å². The van der Waals surface area contributed by atoms with Crippen LogP contribution in [0.25, 0.3) is 11.0 Å². The van der Waals surface area contributed by atoms with E-state index in [-0.39, 0.29) is 0 Å². The molecule has 2 bridgehead atoms. The zero-order chi connectivity index (χ0) is 14.2. The molecule has 2 aliphatic carbocycles. The summed E-state index contributed by atoms with van der Waals surface area (Å²) in [5.74, 6) is 1.89. The van der Waals surface area contributed by atoms with Gasteiger partial charge in [0, 0.05) is 11.8 Å². The van der Waals surface area contributed by atoms with E-state index in [1.54, 1.807) is 12.1 Å². The van der Waals surface area contributed by atoms with Crippen LogP contribution in [0.5, 0.6) is 5.75 Å². The standard InChI is InChI=1S/C18H18O3/c19-18-17(11-15-3-1-2-4-16(15)21-18)20-8-7-14-10-12-5-6-13(14)9-12/h1-4,10-13H,5-9H2. The monoisotopic (exact) mass is 282 g/mol. The molecule has 0 aliphatic heterocycles. The van der Waals surface area contributed by atoms with E-state index in [4.69, 9.17) is 9.15 Å². The van der Waals surface area contributed by atoms with Gasteiger partial charge in [-0.2, -0.15) is 0 Å². The summed E-state index contributed by atoms with van der Waals surface area (Å²) < 4.78 is 10.9. The highest BCUT2D eigenvalue weighted by atomic mass is 16.5. The van der Waals surface area contributed by atoms with E-state index in [9.17, 15) is 4.79 Å². The predicted molar refractivity (Wildman–Crippen MR) is 81.5 cm³/mol. The first-order chi connectivity index (χ1) is 10.3. The smallest absolute Gasteiger partial charge is 0.379 e. The molecule has 0 N–H and O–H groups in total. The molecular formula is C18H18O3.